The molecule has 1 aromatic rings. The van der Waals surface area contributed by atoms with Gasteiger partial charge in [0, 0.05) is 18.7 Å². The molecule has 0 radical (unpaired) electrons. The first-order valence-electron chi connectivity index (χ1n) is 7.59. The van der Waals surface area contributed by atoms with E-state index in [1.807, 2.05) is 7.05 Å². The van der Waals surface area contributed by atoms with Crippen LogP contribution in [-0.4, -0.2) is 44.1 Å². The molecule has 0 saturated carbocycles. The number of hydrogen-bond acceptors (Lipinski definition) is 3. The lowest BCUT2D eigenvalue weighted by Gasteiger charge is -2.32. The molecule has 1 N–H and O–H groups in total. The number of carbonyl (C=O) groups is 1. The van der Waals surface area contributed by atoms with Gasteiger partial charge in [-0.2, -0.15) is 8.78 Å². The van der Waals surface area contributed by atoms with E-state index in [1.165, 1.54) is 12.1 Å². The molecule has 0 atom stereocenters. The van der Waals surface area contributed by atoms with Gasteiger partial charge in [-0.05, 0) is 57.0 Å². The maximum Gasteiger partial charge on any atom is 0.387 e. The summed E-state index contributed by atoms with van der Waals surface area (Å²) in [4.78, 5) is 14.2. The molecule has 22 heavy (non-hydrogen) atoms. The Bertz CT molecular complexity index is 489. The second-order valence-electron chi connectivity index (χ2n) is 5.53. The van der Waals surface area contributed by atoms with Crippen LogP contribution in [0.25, 0.3) is 0 Å². The van der Waals surface area contributed by atoms with Crippen LogP contribution in [-0.2, 0) is 0 Å². The van der Waals surface area contributed by atoms with E-state index in [9.17, 15) is 13.6 Å². The van der Waals surface area contributed by atoms with Crippen molar-refractivity contribution in [3.8, 4) is 5.75 Å². The van der Waals surface area contributed by atoms with Crippen molar-refractivity contribution in [1.29, 1.82) is 0 Å². The summed E-state index contributed by atoms with van der Waals surface area (Å²) in [7, 11) is 1.94. The van der Waals surface area contributed by atoms with Crippen molar-refractivity contribution >= 4 is 5.91 Å². The fourth-order valence-corrected chi connectivity index (χ4v) is 2.76. The average molecular weight is 312 g/mol. The minimum absolute atomic E-state index is 0.0183. The maximum absolute atomic E-state index is 12.4. The van der Waals surface area contributed by atoms with E-state index in [4.69, 9.17) is 0 Å². The van der Waals surface area contributed by atoms with Gasteiger partial charge in [-0.1, -0.05) is 6.07 Å². The number of benzene rings is 1. The molecule has 4 nitrogen and oxygen atoms in total. The molecule has 0 aliphatic carbocycles. The van der Waals surface area contributed by atoms with E-state index < -0.39 is 6.61 Å². The maximum atomic E-state index is 12.4. The highest BCUT2D eigenvalue weighted by Gasteiger charge is 2.23. The predicted octanol–water partition coefficient (Wildman–Crippen LogP) is 2.75. The third kappa shape index (κ3) is 4.66. The Labute approximate surface area is 129 Å². The third-order valence-electron chi connectivity index (χ3n) is 4.01. The lowest BCUT2D eigenvalue weighted by Crippen LogP contribution is -2.38. The zero-order valence-electron chi connectivity index (χ0n) is 12.7. The molecule has 1 heterocycles. The summed E-state index contributed by atoms with van der Waals surface area (Å²) in [6, 6.07) is 5.99. The third-order valence-corrected chi connectivity index (χ3v) is 4.01. The number of nitrogens with one attached hydrogen (secondary N) is 1. The number of rotatable bonds is 6. The fourth-order valence-electron chi connectivity index (χ4n) is 2.76. The van der Waals surface area contributed by atoms with Crippen LogP contribution in [0.2, 0.25) is 0 Å². The zero-order chi connectivity index (χ0) is 15.9. The number of likely N-dealkylation sites (tertiary alicyclic amines) is 1. The van der Waals surface area contributed by atoms with Crippen LogP contribution in [0.4, 0.5) is 8.78 Å². The summed E-state index contributed by atoms with van der Waals surface area (Å²) in [6.45, 7) is -0.459. The molecule has 0 bridgehead atoms. The molecule has 0 unspecified atom stereocenters. The normalized spacial score (nSPS) is 16.1. The Morgan fingerprint density at radius 1 is 1.41 bits per heavy atom. The van der Waals surface area contributed by atoms with Gasteiger partial charge >= 0.3 is 6.61 Å². The van der Waals surface area contributed by atoms with Crippen molar-refractivity contribution in [1.82, 2.24) is 10.2 Å². The number of ether oxygens (including phenoxy) is 1. The first-order chi connectivity index (χ1) is 10.6. The van der Waals surface area contributed by atoms with Gasteiger partial charge < -0.3 is 15.0 Å². The molecule has 1 aliphatic rings. The second kappa shape index (κ2) is 8.08. The number of carbonyl (C=O) groups excluding carboxylic acids is 1. The predicted molar refractivity (Wildman–Crippen MR) is 80.2 cm³/mol. The topological polar surface area (TPSA) is 41.6 Å². The van der Waals surface area contributed by atoms with Crippen LogP contribution in [0.5, 0.6) is 5.75 Å². The van der Waals surface area contributed by atoms with E-state index in [2.05, 4.69) is 10.1 Å². The van der Waals surface area contributed by atoms with Gasteiger partial charge in [0.2, 0.25) is 0 Å². The minimum atomic E-state index is -2.88. The lowest BCUT2D eigenvalue weighted by atomic mass is 9.93. The van der Waals surface area contributed by atoms with Gasteiger partial charge in [-0.15, -0.1) is 0 Å². The highest BCUT2D eigenvalue weighted by atomic mass is 19.3. The number of piperidine rings is 1. The van der Waals surface area contributed by atoms with E-state index in [1.54, 1.807) is 17.0 Å². The average Bonchev–Trinajstić information content (AvgIpc) is 2.52. The van der Waals surface area contributed by atoms with Crippen molar-refractivity contribution in [2.75, 3.05) is 26.7 Å². The summed E-state index contributed by atoms with van der Waals surface area (Å²) in [6.07, 6.45) is 3.09. The van der Waals surface area contributed by atoms with E-state index in [0.29, 0.717) is 24.6 Å². The summed E-state index contributed by atoms with van der Waals surface area (Å²) >= 11 is 0. The van der Waals surface area contributed by atoms with Crippen LogP contribution < -0.4 is 10.1 Å². The van der Waals surface area contributed by atoms with E-state index in [0.717, 1.165) is 25.8 Å². The Kier molecular flexibility index (Phi) is 6.12. The Morgan fingerprint density at radius 3 is 2.77 bits per heavy atom. The van der Waals surface area contributed by atoms with Crippen molar-refractivity contribution in [3.63, 3.8) is 0 Å². The van der Waals surface area contributed by atoms with Crippen molar-refractivity contribution in [2.45, 2.75) is 25.9 Å². The summed E-state index contributed by atoms with van der Waals surface area (Å²) < 4.78 is 28.8. The minimum Gasteiger partial charge on any atom is -0.435 e. The van der Waals surface area contributed by atoms with Crippen LogP contribution in [0, 0.1) is 5.92 Å². The molecule has 1 aliphatic heterocycles. The van der Waals surface area contributed by atoms with Crippen LogP contribution in [0.15, 0.2) is 24.3 Å². The van der Waals surface area contributed by atoms with Gasteiger partial charge in [0.25, 0.3) is 5.91 Å². The lowest BCUT2D eigenvalue weighted by molar-refractivity contribution is -0.0499. The number of alkyl halides is 2. The van der Waals surface area contributed by atoms with Gasteiger partial charge in [0.1, 0.15) is 5.75 Å². The first kappa shape index (κ1) is 16.7. The Balaban J connectivity index is 1.92. The van der Waals surface area contributed by atoms with Crippen molar-refractivity contribution in [2.24, 2.45) is 5.92 Å². The van der Waals surface area contributed by atoms with Gasteiger partial charge in [0.05, 0.1) is 0 Å². The molecule has 2 rings (SSSR count). The summed E-state index contributed by atoms with van der Waals surface area (Å²) in [5.74, 6) is 0.543. The highest BCUT2D eigenvalue weighted by Crippen LogP contribution is 2.23. The van der Waals surface area contributed by atoms with E-state index in [-0.39, 0.29) is 11.7 Å². The molecule has 1 saturated heterocycles. The molecular weight excluding hydrogens is 290 g/mol. The molecule has 1 aromatic carbocycles. The molecular formula is C16H22F2N2O2. The van der Waals surface area contributed by atoms with E-state index >= 15 is 0 Å². The van der Waals surface area contributed by atoms with Crippen molar-refractivity contribution < 1.29 is 18.3 Å². The van der Waals surface area contributed by atoms with Gasteiger partial charge in [-0.25, -0.2) is 0 Å². The monoisotopic (exact) mass is 312 g/mol. The summed E-state index contributed by atoms with van der Waals surface area (Å²) in [5.41, 5.74) is 0.395. The molecule has 0 spiro atoms. The smallest absolute Gasteiger partial charge is 0.387 e. The number of halogens is 2. The molecule has 6 heteroatoms. The van der Waals surface area contributed by atoms with Crippen LogP contribution in [0.3, 0.4) is 0 Å². The number of nitrogens with zero attached hydrogens (tertiary/aromatic N) is 1. The quantitative estimate of drug-likeness (QED) is 0.878. The largest absolute Gasteiger partial charge is 0.435 e. The van der Waals surface area contributed by atoms with Crippen LogP contribution >= 0.6 is 0 Å². The van der Waals surface area contributed by atoms with Gasteiger partial charge in [0.15, 0.2) is 0 Å². The highest BCUT2D eigenvalue weighted by molar-refractivity contribution is 5.94. The van der Waals surface area contributed by atoms with Crippen molar-refractivity contribution in [3.05, 3.63) is 29.8 Å². The van der Waals surface area contributed by atoms with Crippen LogP contribution in [0.1, 0.15) is 29.6 Å². The first-order valence-corrected chi connectivity index (χ1v) is 7.59. The Morgan fingerprint density at radius 2 is 2.14 bits per heavy atom. The fraction of sp³-hybridized carbons (Fsp3) is 0.562. The second-order valence-corrected chi connectivity index (χ2v) is 5.53. The number of amides is 1. The SMILES string of the molecule is CNCCC1CCN(C(=O)c2cccc(OC(F)F)c2)CC1. The molecule has 122 valence electrons. The molecule has 1 amide bonds. The molecule has 1 fully saturated rings. The van der Waals surface area contributed by atoms with Gasteiger partial charge in [-0.3, -0.25) is 4.79 Å². The number of hydrogen-bond donors (Lipinski definition) is 1. The summed E-state index contributed by atoms with van der Waals surface area (Å²) in [5, 5.41) is 3.14. The standard InChI is InChI=1S/C16H22F2N2O2/c1-19-8-5-12-6-9-20(10-7-12)15(21)13-3-2-4-14(11-13)22-16(17)18/h2-4,11-12,16,19H,5-10H2,1H3. The zero-order valence-corrected chi connectivity index (χ0v) is 12.7. The Hall–Kier alpha value is -1.69. The molecule has 0 aromatic heterocycles.